The summed E-state index contributed by atoms with van der Waals surface area (Å²) in [4.78, 5) is 22.8. The summed E-state index contributed by atoms with van der Waals surface area (Å²) >= 11 is 0. The maximum atomic E-state index is 12.0. The normalized spacial score (nSPS) is 10.3. The number of hydrogen-bond donors (Lipinski definition) is 1. The molecule has 0 spiro atoms. The van der Waals surface area contributed by atoms with Crippen molar-refractivity contribution in [2.45, 2.75) is 0 Å². The smallest absolute Gasteiger partial charge is 0.412 e. The first-order chi connectivity index (χ1) is 15.2. The van der Waals surface area contributed by atoms with E-state index in [1.165, 1.54) is 0 Å². The number of amides is 1. The van der Waals surface area contributed by atoms with Crippen molar-refractivity contribution in [2.75, 3.05) is 26.4 Å². The third kappa shape index (κ3) is 6.87. The second kappa shape index (κ2) is 11.4. The SMILES string of the molecule is C=CC(=O)OCCOCCNC(=O)Oc1ccc2c(Oc3ccccc3)cccc2c1. The zero-order valence-electron chi connectivity index (χ0n) is 16.9. The van der Waals surface area contributed by atoms with E-state index in [2.05, 4.69) is 11.9 Å². The largest absolute Gasteiger partial charge is 0.460 e. The number of hydrogen-bond acceptors (Lipinski definition) is 6. The van der Waals surface area contributed by atoms with E-state index in [1.54, 1.807) is 12.1 Å². The fraction of sp³-hybridized carbons (Fsp3) is 0.167. The minimum absolute atomic E-state index is 0.127. The number of para-hydroxylation sites is 1. The molecule has 0 aliphatic heterocycles. The number of fused-ring (bicyclic) bond motifs is 1. The standard InChI is InChI=1S/C24H23NO6/c1-2-23(26)29-16-15-28-14-13-25-24(27)31-20-11-12-21-18(17-20)7-6-10-22(21)30-19-8-4-3-5-9-19/h2-12,17H,1,13-16H2,(H,25,27). The minimum Gasteiger partial charge on any atom is -0.460 e. The quantitative estimate of drug-likeness (QED) is 0.296. The first kappa shape index (κ1) is 21.9. The van der Waals surface area contributed by atoms with E-state index in [-0.39, 0.29) is 26.4 Å². The van der Waals surface area contributed by atoms with Gasteiger partial charge in [-0.25, -0.2) is 9.59 Å². The van der Waals surface area contributed by atoms with E-state index in [4.69, 9.17) is 18.9 Å². The fourth-order valence-electron chi connectivity index (χ4n) is 2.73. The summed E-state index contributed by atoms with van der Waals surface area (Å²) in [5, 5.41) is 4.39. The highest BCUT2D eigenvalue weighted by Crippen LogP contribution is 2.31. The summed E-state index contributed by atoms with van der Waals surface area (Å²) in [6.07, 6.45) is 0.499. The highest BCUT2D eigenvalue weighted by Gasteiger charge is 2.08. The molecule has 1 amide bonds. The fourth-order valence-corrected chi connectivity index (χ4v) is 2.73. The van der Waals surface area contributed by atoms with Gasteiger partial charge in [-0.05, 0) is 41.8 Å². The minimum atomic E-state index is -0.585. The van der Waals surface area contributed by atoms with Crippen LogP contribution in [0.4, 0.5) is 4.79 Å². The van der Waals surface area contributed by atoms with E-state index in [0.717, 1.165) is 28.3 Å². The van der Waals surface area contributed by atoms with E-state index >= 15 is 0 Å². The molecule has 0 unspecified atom stereocenters. The van der Waals surface area contributed by atoms with Crippen LogP contribution in [0.1, 0.15) is 0 Å². The molecule has 3 rings (SSSR count). The Labute approximate surface area is 180 Å². The molecule has 0 radical (unpaired) electrons. The molecular formula is C24H23NO6. The number of carbonyl (C=O) groups is 2. The van der Waals surface area contributed by atoms with Crippen LogP contribution in [0, 0.1) is 0 Å². The summed E-state index contributed by atoms with van der Waals surface area (Å²) in [6.45, 7) is 4.18. The second-order valence-corrected chi connectivity index (χ2v) is 6.35. The Kier molecular flexibility index (Phi) is 8.02. The van der Waals surface area contributed by atoms with Gasteiger partial charge < -0.3 is 24.3 Å². The molecular weight excluding hydrogens is 398 g/mol. The van der Waals surface area contributed by atoms with Gasteiger partial charge in [-0.3, -0.25) is 0 Å². The highest BCUT2D eigenvalue weighted by atomic mass is 16.6. The summed E-state index contributed by atoms with van der Waals surface area (Å²) in [5.74, 6) is 1.38. The third-order valence-corrected chi connectivity index (χ3v) is 4.15. The zero-order chi connectivity index (χ0) is 21.9. The Morgan fingerprint density at radius 2 is 1.74 bits per heavy atom. The zero-order valence-corrected chi connectivity index (χ0v) is 16.9. The van der Waals surface area contributed by atoms with Crippen LogP contribution < -0.4 is 14.8 Å². The molecule has 7 heteroatoms. The topological polar surface area (TPSA) is 83.1 Å². The van der Waals surface area contributed by atoms with Crippen molar-refractivity contribution in [2.24, 2.45) is 0 Å². The lowest BCUT2D eigenvalue weighted by atomic mass is 10.1. The van der Waals surface area contributed by atoms with Gasteiger partial charge >= 0.3 is 12.1 Å². The lowest BCUT2D eigenvalue weighted by molar-refractivity contribution is -0.139. The van der Waals surface area contributed by atoms with Crippen molar-refractivity contribution in [3.8, 4) is 17.2 Å². The van der Waals surface area contributed by atoms with Crippen LogP contribution >= 0.6 is 0 Å². The van der Waals surface area contributed by atoms with Crippen molar-refractivity contribution >= 4 is 22.8 Å². The molecule has 0 saturated carbocycles. The van der Waals surface area contributed by atoms with Gasteiger partial charge in [-0.2, -0.15) is 0 Å². The number of ether oxygens (including phenoxy) is 4. The average Bonchev–Trinajstić information content (AvgIpc) is 2.79. The third-order valence-electron chi connectivity index (χ3n) is 4.15. The molecule has 0 fully saturated rings. The van der Waals surface area contributed by atoms with E-state index in [9.17, 15) is 9.59 Å². The molecule has 3 aromatic rings. The van der Waals surface area contributed by atoms with E-state index < -0.39 is 12.1 Å². The molecule has 0 aliphatic rings. The van der Waals surface area contributed by atoms with Crippen molar-refractivity contribution in [1.29, 1.82) is 0 Å². The molecule has 160 valence electrons. The van der Waals surface area contributed by atoms with Gasteiger partial charge in [0.1, 0.15) is 23.9 Å². The van der Waals surface area contributed by atoms with Gasteiger partial charge in [-0.1, -0.05) is 36.9 Å². The maximum Gasteiger partial charge on any atom is 0.412 e. The van der Waals surface area contributed by atoms with Gasteiger partial charge in [0.25, 0.3) is 0 Å². The van der Waals surface area contributed by atoms with Gasteiger partial charge in [-0.15, -0.1) is 0 Å². The van der Waals surface area contributed by atoms with Crippen molar-refractivity contribution < 1.29 is 28.5 Å². The molecule has 0 aliphatic carbocycles. The van der Waals surface area contributed by atoms with Crippen molar-refractivity contribution in [1.82, 2.24) is 5.32 Å². The van der Waals surface area contributed by atoms with Crippen LogP contribution in [-0.2, 0) is 14.3 Å². The summed E-state index contributed by atoms with van der Waals surface area (Å²) in [6, 6.07) is 20.6. The van der Waals surface area contributed by atoms with Crippen LogP contribution in [0.5, 0.6) is 17.2 Å². The molecule has 0 heterocycles. The predicted molar refractivity (Wildman–Crippen MR) is 116 cm³/mol. The molecule has 1 N–H and O–H groups in total. The Morgan fingerprint density at radius 1 is 0.903 bits per heavy atom. The number of carbonyl (C=O) groups excluding carboxylic acids is 2. The monoisotopic (exact) mass is 421 g/mol. The van der Waals surface area contributed by atoms with Crippen LogP contribution in [-0.4, -0.2) is 38.4 Å². The first-order valence-electron chi connectivity index (χ1n) is 9.74. The molecule has 0 aromatic heterocycles. The summed E-state index contributed by atoms with van der Waals surface area (Å²) in [7, 11) is 0. The average molecular weight is 421 g/mol. The Hall–Kier alpha value is -3.84. The summed E-state index contributed by atoms with van der Waals surface area (Å²) < 4.78 is 21.3. The van der Waals surface area contributed by atoms with Crippen LogP contribution in [0.3, 0.4) is 0 Å². The van der Waals surface area contributed by atoms with Gasteiger partial charge in [0.2, 0.25) is 0 Å². The molecule has 31 heavy (non-hydrogen) atoms. The highest BCUT2D eigenvalue weighted by molar-refractivity contribution is 5.90. The second-order valence-electron chi connectivity index (χ2n) is 6.35. The molecule has 0 bridgehead atoms. The van der Waals surface area contributed by atoms with Crippen LogP contribution in [0.2, 0.25) is 0 Å². The van der Waals surface area contributed by atoms with E-state index in [0.29, 0.717) is 5.75 Å². The van der Waals surface area contributed by atoms with Gasteiger partial charge in [0.15, 0.2) is 0 Å². The lowest BCUT2D eigenvalue weighted by Crippen LogP contribution is -2.30. The molecule has 7 nitrogen and oxygen atoms in total. The number of rotatable bonds is 10. The van der Waals surface area contributed by atoms with Crippen LogP contribution in [0.25, 0.3) is 10.8 Å². The van der Waals surface area contributed by atoms with Gasteiger partial charge in [0.05, 0.1) is 13.2 Å². The maximum absolute atomic E-state index is 12.0. The van der Waals surface area contributed by atoms with Crippen LogP contribution in [0.15, 0.2) is 79.4 Å². The molecule has 3 aromatic carbocycles. The van der Waals surface area contributed by atoms with E-state index in [1.807, 2.05) is 54.6 Å². The number of nitrogens with one attached hydrogen (secondary N) is 1. The van der Waals surface area contributed by atoms with Gasteiger partial charge in [0, 0.05) is 18.0 Å². The number of benzene rings is 3. The lowest BCUT2D eigenvalue weighted by Gasteiger charge is -2.11. The number of esters is 1. The Bertz CT molecular complexity index is 1030. The Morgan fingerprint density at radius 3 is 2.55 bits per heavy atom. The Balaban J connectivity index is 1.47. The first-order valence-corrected chi connectivity index (χ1v) is 9.74. The molecule has 0 atom stereocenters. The van der Waals surface area contributed by atoms with Crippen molar-refractivity contribution in [3.05, 3.63) is 79.4 Å². The molecule has 0 saturated heterocycles. The summed E-state index contributed by atoms with van der Waals surface area (Å²) in [5.41, 5.74) is 0. The van der Waals surface area contributed by atoms with Crippen molar-refractivity contribution in [3.63, 3.8) is 0 Å². The predicted octanol–water partition coefficient (Wildman–Crippen LogP) is 4.47.